The van der Waals surface area contributed by atoms with E-state index in [-0.39, 0.29) is 0 Å². The molecule has 1 N–H and O–H groups in total. The molecule has 2 heterocycles. The van der Waals surface area contributed by atoms with Crippen LogP contribution < -0.4 is 0 Å². The fraction of sp³-hybridized carbons (Fsp3) is 0.333. The molecule has 2 aromatic heterocycles. The van der Waals surface area contributed by atoms with Gasteiger partial charge in [-0.15, -0.1) is 0 Å². The Labute approximate surface area is 70.9 Å². The van der Waals surface area contributed by atoms with E-state index in [2.05, 4.69) is 21.9 Å². The lowest BCUT2D eigenvalue weighted by molar-refractivity contribution is 0.937. The number of nitrogens with zero attached hydrogens (tertiary/aromatic N) is 2. The summed E-state index contributed by atoms with van der Waals surface area (Å²) in [6.07, 6.45) is 2.78. The molecule has 0 aromatic carbocycles. The topological polar surface area (TPSA) is 41.6 Å². The molecule has 0 saturated heterocycles. The number of fused-ring (bicyclic) bond motifs is 1. The van der Waals surface area contributed by atoms with Crippen LogP contribution in [0.15, 0.2) is 12.3 Å². The second-order valence-corrected chi connectivity index (χ2v) is 2.82. The Morgan fingerprint density at radius 2 is 2.25 bits per heavy atom. The summed E-state index contributed by atoms with van der Waals surface area (Å²) in [5, 5.41) is 1.12. The van der Waals surface area contributed by atoms with Gasteiger partial charge in [-0.2, -0.15) is 0 Å². The highest BCUT2D eigenvalue weighted by Gasteiger charge is 2.02. The maximum atomic E-state index is 4.36. The number of aromatic nitrogens is 3. The van der Waals surface area contributed by atoms with Gasteiger partial charge in [-0.05, 0) is 13.0 Å². The van der Waals surface area contributed by atoms with Crippen molar-refractivity contribution >= 4 is 11.0 Å². The van der Waals surface area contributed by atoms with Crippen LogP contribution in [0, 0.1) is 6.92 Å². The van der Waals surface area contributed by atoms with Gasteiger partial charge in [0, 0.05) is 18.0 Å². The van der Waals surface area contributed by atoms with Crippen molar-refractivity contribution in [2.75, 3.05) is 0 Å². The summed E-state index contributed by atoms with van der Waals surface area (Å²) in [5.74, 6) is 0.905. The second kappa shape index (κ2) is 2.59. The molecule has 0 spiro atoms. The first-order valence-electron chi connectivity index (χ1n) is 4.12. The molecule has 0 aliphatic carbocycles. The normalized spacial score (nSPS) is 10.8. The third-order valence-electron chi connectivity index (χ3n) is 1.97. The van der Waals surface area contributed by atoms with Gasteiger partial charge in [0.25, 0.3) is 0 Å². The molecular weight excluding hydrogens is 150 g/mol. The zero-order valence-electron chi connectivity index (χ0n) is 7.26. The highest BCUT2D eigenvalue weighted by molar-refractivity contribution is 5.77. The monoisotopic (exact) mass is 161 g/mol. The summed E-state index contributed by atoms with van der Waals surface area (Å²) in [5.41, 5.74) is 2.00. The van der Waals surface area contributed by atoms with Crippen molar-refractivity contribution in [3.8, 4) is 0 Å². The number of nitrogens with one attached hydrogen (secondary N) is 1. The van der Waals surface area contributed by atoms with Crippen LogP contribution in [0.4, 0.5) is 0 Å². The quantitative estimate of drug-likeness (QED) is 0.693. The molecule has 0 bridgehead atoms. The Bertz CT molecular complexity index is 403. The fourth-order valence-electron chi connectivity index (χ4n) is 1.31. The Balaban J connectivity index is 2.75. The van der Waals surface area contributed by atoms with E-state index in [4.69, 9.17) is 0 Å². The van der Waals surface area contributed by atoms with Gasteiger partial charge in [0.05, 0.1) is 5.69 Å². The van der Waals surface area contributed by atoms with Gasteiger partial charge >= 0.3 is 0 Å². The molecule has 3 heteroatoms. The minimum Gasteiger partial charge on any atom is -0.346 e. The Kier molecular flexibility index (Phi) is 1.57. The minimum atomic E-state index is 0.885. The average molecular weight is 161 g/mol. The molecule has 0 amide bonds. The Morgan fingerprint density at radius 1 is 1.42 bits per heavy atom. The average Bonchev–Trinajstić information content (AvgIpc) is 2.52. The van der Waals surface area contributed by atoms with E-state index in [1.54, 1.807) is 0 Å². The van der Waals surface area contributed by atoms with Gasteiger partial charge in [0.15, 0.2) is 0 Å². The Hall–Kier alpha value is -1.38. The molecule has 0 atom stereocenters. The van der Waals surface area contributed by atoms with Crippen molar-refractivity contribution < 1.29 is 0 Å². The summed E-state index contributed by atoms with van der Waals surface area (Å²) in [7, 11) is 0. The Morgan fingerprint density at radius 3 is 3.00 bits per heavy atom. The third-order valence-corrected chi connectivity index (χ3v) is 1.97. The molecule has 0 radical (unpaired) electrons. The van der Waals surface area contributed by atoms with Crippen LogP contribution in [0.5, 0.6) is 0 Å². The summed E-state index contributed by atoms with van der Waals surface area (Å²) >= 11 is 0. The van der Waals surface area contributed by atoms with Gasteiger partial charge < -0.3 is 4.98 Å². The summed E-state index contributed by atoms with van der Waals surface area (Å²) in [4.78, 5) is 11.8. The van der Waals surface area contributed by atoms with Gasteiger partial charge in [-0.3, -0.25) is 0 Å². The lowest BCUT2D eigenvalue weighted by Crippen LogP contribution is -1.95. The van der Waals surface area contributed by atoms with Crippen LogP contribution >= 0.6 is 0 Å². The minimum absolute atomic E-state index is 0.885. The molecule has 3 nitrogen and oxygen atoms in total. The molecule has 0 unspecified atom stereocenters. The van der Waals surface area contributed by atoms with E-state index in [0.29, 0.717) is 0 Å². The zero-order chi connectivity index (χ0) is 8.55. The number of hydrogen-bond donors (Lipinski definition) is 1. The third kappa shape index (κ3) is 0.978. The lowest BCUT2D eigenvalue weighted by atomic mass is 10.3. The first-order chi connectivity index (χ1) is 5.81. The van der Waals surface area contributed by atoms with E-state index in [1.807, 2.05) is 19.2 Å². The first kappa shape index (κ1) is 7.28. The van der Waals surface area contributed by atoms with Crippen LogP contribution in [-0.2, 0) is 6.42 Å². The van der Waals surface area contributed by atoms with Crippen molar-refractivity contribution in [2.45, 2.75) is 20.3 Å². The molecule has 0 saturated carbocycles. The van der Waals surface area contributed by atoms with Crippen molar-refractivity contribution in [1.82, 2.24) is 15.0 Å². The largest absolute Gasteiger partial charge is 0.346 e. The van der Waals surface area contributed by atoms with Crippen molar-refractivity contribution in [3.05, 3.63) is 23.8 Å². The van der Waals surface area contributed by atoms with Crippen LogP contribution in [0.2, 0.25) is 0 Å². The summed E-state index contributed by atoms with van der Waals surface area (Å²) < 4.78 is 0. The van der Waals surface area contributed by atoms with E-state index in [0.717, 1.165) is 29.0 Å². The molecule has 0 aliphatic heterocycles. The van der Waals surface area contributed by atoms with Crippen LogP contribution in [0.1, 0.15) is 18.4 Å². The van der Waals surface area contributed by atoms with E-state index in [1.165, 1.54) is 0 Å². The molecular formula is C9H11N3. The number of aromatic amines is 1. The molecule has 12 heavy (non-hydrogen) atoms. The van der Waals surface area contributed by atoms with Crippen LogP contribution in [0.3, 0.4) is 0 Å². The van der Waals surface area contributed by atoms with E-state index in [9.17, 15) is 0 Å². The predicted molar refractivity (Wildman–Crippen MR) is 48.0 cm³/mol. The SMILES string of the molecule is CCc1nc(C)c2cc[nH]c2n1. The fourth-order valence-corrected chi connectivity index (χ4v) is 1.31. The number of H-pyrrole nitrogens is 1. The van der Waals surface area contributed by atoms with Gasteiger partial charge in [0.1, 0.15) is 11.5 Å². The highest BCUT2D eigenvalue weighted by Crippen LogP contribution is 2.12. The van der Waals surface area contributed by atoms with Gasteiger partial charge in [0.2, 0.25) is 0 Å². The van der Waals surface area contributed by atoms with E-state index >= 15 is 0 Å². The molecule has 0 aliphatic rings. The first-order valence-corrected chi connectivity index (χ1v) is 4.12. The highest BCUT2D eigenvalue weighted by atomic mass is 14.9. The number of aryl methyl sites for hydroxylation is 2. The molecule has 62 valence electrons. The summed E-state index contributed by atoms with van der Waals surface area (Å²) in [6.45, 7) is 4.07. The van der Waals surface area contributed by atoms with E-state index < -0.39 is 0 Å². The van der Waals surface area contributed by atoms with Gasteiger partial charge in [-0.1, -0.05) is 6.92 Å². The van der Waals surface area contributed by atoms with Crippen LogP contribution in [0.25, 0.3) is 11.0 Å². The summed E-state index contributed by atoms with van der Waals surface area (Å²) in [6, 6.07) is 2.00. The van der Waals surface area contributed by atoms with Crippen LogP contribution in [-0.4, -0.2) is 15.0 Å². The number of hydrogen-bond acceptors (Lipinski definition) is 2. The van der Waals surface area contributed by atoms with Crippen molar-refractivity contribution in [1.29, 1.82) is 0 Å². The maximum absolute atomic E-state index is 4.36. The predicted octanol–water partition coefficient (Wildman–Crippen LogP) is 1.83. The van der Waals surface area contributed by atoms with Crippen molar-refractivity contribution in [3.63, 3.8) is 0 Å². The lowest BCUT2D eigenvalue weighted by Gasteiger charge is -1.98. The van der Waals surface area contributed by atoms with Crippen molar-refractivity contribution in [2.24, 2.45) is 0 Å². The molecule has 2 aromatic rings. The number of rotatable bonds is 1. The maximum Gasteiger partial charge on any atom is 0.141 e. The molecule has 0 fully saturated rings. The smallest absolute Gasteiger partial charge is 0.141 e. The standard InChI is InChI=1S/C9H11N3/c1-3-8-11-6(2)7-4-5-10-9(7)12-8/h4-5H,3H2,1-2H3,(H,10,11,12). The zero-order valence-corrected chi connectivity index (χ0v) is 7.26. The second-order valence-electron chi connectivity index (χ2n) is 2.82. The van der Waals surface area contributed by atoms with Gasteiger partial charge in [-0.25, -0.2) is 9.97 Å². The molecule has 2 rings (SSSR count).